The predicted molar refractivity (Wildman–Crippen MR) is 112 cm³/mol. The smallest absolute Gasteiger partial charge is 0.258 e. The van der Waals surface area contributed by atoms with Gasteiger partial charge >= 0.3 is 0 Å². The summed E-state index contributed by atoms with van der Waals surface area (Å²) < 4.78 is 27.8. The Kier molecular flexibility index (Phi) is 5.91. The highest BCUT2D eigenvalue weighted by Crippen LogP contribution is 2.26. The molecule has 0 saturated carbocycles. The summed E-state index contributed by atoms with van der Waals surface area (Å²) in [4.78, 5) is 14.8. The summed E-state index contributed by atoms with van der Waals surface area (Å²) in [6.07, 6.45) is 2.79. The Bertz CT molecular complexity index is 965. The zero-order valence-corrected chi connectivity index (χ0v) is 17.8. The Morgan fingerprint density at radius 1 is 1.07 bits per heavy atom. The number of sulfonamides is 1. The van der Waals surface area contributed by atoms with E-state index < -0.39 is 10.0 Å². The van der Waals surface area contributed by atoms with Gasteiger partial charge < -0.3 is 4.90 Å². The van der Waals surface area contributed by atoms with Crippen LogP contribution in [0.5, 0.6) is 0 Å². The third kappa shape index (κ3) is 4.13. The van der Waals surface area contributed by atoms with Gasteiger partial charge in [-0.25, -0.2) is 8.42 Å². The third-order valence-corrected chi connectivity index (χ3v) is 7.34. The maximum absolute atomic E-state index is 13.1. The quantitative estimate of drug-likeness (QED) is 0.775. The van der Waals surface area contributed by atoms with Crippen molar-refractivity contribution in [2.45, 2.75) is 51.0 Å². The maximum atomic E-state index is 13.1. The molecule has 5 nitrogen and oxygen atoms in total. The van der Waals surface area contributed by atoms with Gasteiger partial charge in [0, 0.05) is 30.9 Å². The van der Waals surface area contributed by atoms with Crippen LogP contribution in [0, 0.1) is 13.8 Å². The minimum Gasteiger partial charge on any atom is -0.311 e. The molecule has 0 aromatic heterocycles. The van der Waals surface area contributed by atoms with E-state index in [1.54, 1.807) is 34.5 Å². The van der Waals surface area contributed by atoms with E-state index in [0.717, 1.165) is 36.1 Å². The first-order valence-corrected chi connectivity index (χ1v) is 11.1. The van der Waals surface area contributed by atoms with E-state index in [1.165, 1.54) is 6.07 Å². The van der Waals surface area contributed by atoms with Gasteiger partial charge in [-0.1, -0.05) is 18.6 Å². The van der Waals surface area contributed by atoms with Crippen LogP contribution in [0.1, 0.15) is 47.7 Å². The molecule has 150 valence electrons. The monoisotopic (exact) mass is 400 g/mol. The lowest BCUT2D eigenvalue weighted by Crippen LogP contribution is -2.42. The van der Waals surface area contributed by atoms with Crippen LogP contribution in [0.2, 0.25) is 0 Å². The summed E-state index contributed by atoms with van der Waals surface area (Å²) in [5.74, 6) is -0.228. The fraction of sp³-hybridized carbons (Fsp3) is 0.409. The number of carbonyl (C=O) groups excluding carboxylic acids is 1. The molecule has 0 bridgehead atoms. The number of hydrogen-bond donors (Lipinski definition) is 0. The van der Waals surface area contributed by atoms with E-state index in [2.05, 4.69) is 6.07 Å². The molecule has 28 heavy (non-hydrogen) atoms. The van der Waals surface area contributed by atoms with Crippen LogP contribution in [0.25, 0.3) is 0 Å². The van der Waals surface area contributed by atoms with Crippen molar-refractivity contribution in [3.63, 3.8) is 0 Å². The number of anilines is 1. The van der Waals surface area contributed by atoms with Crippen molar-refractivity contribution < 1.29 is 13.2 Å². The number of benzene rings is 2. The van der Waals surface area contributed by atoms with Gasteiger partial charge in [0.05, 0.1) is 4.90 Å². The minimum absolute atomic E-state index is 0.0175. The first kappa shape index (κ1) is 20.6. The van der Waals surface area contributed by atoms with Crippen molar-refractivity contribution in [1.29, 1.82) is 0 Å². The van der Waals surface area contributed by atoms with Gasteiger partial charge in [0.25, 0.3) is 5.91 Å². The number of rotatable bonds is 4. The number of piperidine rings is 1. The fourth-order valence-corrected chi connectivity index (χ4v) is 5.55. The molecule has 3 rings (SSSR count). The predicted octanol–water partition coefficient (Wildman–Crippen LogP) is 4.14. The van der Waals surface area contributed by atoms with Crippen molar-refractivity contribution in [3.8, 4) is 0 Å². The molecule has 2 aromatic rings. The van der Waals surface area contributed by atoms with Crippen molar-refractivity contribution in [1.82, 2.24) is 4.31 Å². The summed E-state index contributed by atoms with van der Waals surface area (Å²) in [5, 5.41) is 0. The molecule has 1 atom stereocenters. The average molecular weight is 401 g/mol. The lowest BCUT2D eigenvalue weighted by molar-refractivity contribution is 0.0993. The van der Waals surface area contributed by atoms with Crippen LogP contribution < -0.4 is 4.90 Å². The summed E-state index contributed by atoms with van der Waals surface area (Å²) in [5.41, 5.74) is 3.31. The average Bonchev–Trinajstić information content (AvgIpc) is 2.66. The second-order valence-electron chi connectivity index (χ2n) is 7.70. The molecule has 0 aliphatic carbocycles. The van der Waals surface area contributed by atoms with Crippen molar-refractivity contribution in [2.75, 3.05) is 18.5 Å². The molecule has 1 unspecified atom stereocenters. The summed E-state index contributed by atoms with van der Waals surface area (Å²) >= 11 is 0. The van der Waals surface area contributed by atoms with Gasteiger partial charge in [-0.15, -0.1) is 0 Å². The van der Waals surface area contributed by atoms with Crippen LogP contribution in [0.15, 0.2) is 47.4 Å². The highest BCUT2D eigenvalue weighted by molar-refractivity contribution is 7.89. The molecular formula is C22H28N2O3S. The second-order valence-corrected chi connectivity index (χ2v) is 9.59. The van der Waals surface area contributed by atoms with E-state index >= 15 is 0 Å². The SMILES string of the molecule is Cc1cc(C)cc(N(C)C(=O)c2cccc(S(=O)(=O)N3CCCCC3C)c2)c1. The van der Waals surface area contributed by atoms with Crippen LogP contribution >= 0.6 is 0 Å². The molecule has 1 aliphatic rings. The van der Waals surface area contributed by atoms with Crippen molar-refractivity contribution >= 4 is 21.6 Å². The molecule has 1 fully saturated rings. The van der Waals surface area contributed by atoms with Gasteiger partial charge in [0.15, 0.2) is 0 Å². The highest BCUT2D eigenvalue weighted by Gasteiger charge is 2.31. The molecule has 0 radical (unpaired) electrons. The molecule has 2 aromatic carbocycles. The van der Waals surface area contributed by atoms with E-state index in [-0.39, 0.29) is 16.8 Å². The lowest BCUT2D eigenvalue weighted by Gasteiger charge is -2.32. The molecule has 0 N–H and O–H groups in total. The third-order valence-electron chi connectivity index (χ3n) is 5.33. The lowest BCUT2D eigenvalue weighted by atomic mass is 10.1. The van der Waals surface area contributed by atoms with Crippen LogP contribution in [-0.4, -0.2) is 38.3 Å². The Labute approximate surface area is 168 Å². The molecule has 6 heteroatoms. The molecule has 1 aliphatic heterocycles. The largest absolute Gasteiger partial charge is 0.311 e. The van der Waals surface area contributed by atoms with Gasteiger partial charge in [0.1, 0.15) is 0 Å². The number of nitrogens with zero attached hydrogens (tertiary/aromatic N) is 2. The molecule has 0 spiro atoms. The Hall–Kier alpha value is -2.18. The first-order valence-electron chi connectivity index (χ1n) is 9.68. The zero-order chi connectivity index (χ0) is 20.5. The zero-order valence-electron chi connectivity index (χ0n) is 17.0. The van der Waals surface area contributed by atoms with Crippen LogP contribution in [0.3, 0.4) is 0 Å². The Morgan fingerprint density at radius 3 is 2.39 bits per heavy atom. The number of amides is 1. The van der Waals surface area contributed by atoms with Crippen molar-refractivity contribution in [2.24, 2.45) is 0 Å². The van der Waals surface area contributed by atoms with Crippen LogP contribution in [0.4, 0.5) is 5.69 Å². The van der Waals surface area contributed by atoms with Crippen molar-refractivity contribution in [3.05, 3.63) is 59.2 Å². The van der Waals surface area contributed by atoms with E-state index in [9.17, 15) is 13.2 Å². The van der Waals surface area contributed by atoms with Gasteiger partial charge in [-0.3, -0.25) is 4.79 Å². The van der Waals surface area contributed by atoms with Gasteiger partial charge in [0.2, 0.25) is 10.0 Å². The van der Waals surface area contributed by atoms with E-state index in [0.29, 0.717) is 12.1 Å². The van der Waals surface area contributed by atoms with Gasteiger partial charge in [-0.05, 0) is 75.1 Å². The standard InChI is InChI=1S/C22H28N2O3S/c1-16-12-17(2)14-20(13-16)23(4)22(25)19-9-7-10-21(15-19)28(26,27)24-11-6-5-8-18(24)3/h7,9-10,12-15,18H,5-6,8,11H2,1-4H3. The van der Waals surface area contributed by atoms with Gasteiger partial charge in [-0.2, -0.15) is 4.31 Å². The summed E-state index contributed by atoms with van der Waals surface area (Å²) in [6, 6.07) is 12.3. The first-order chi connectivity index (χ1) is 13.2. The normalized spacial score (nSPS) is 18.1. The second kappa shape index (κ2) is 8.05. The van der Waals surface area contributed by atoms with Crippen LogP contribution in [-0.2, 0) is 10.0 Å². The summed E-state index contributed by atoms with van der Waals surface area (Å²) in [6.45, 7) is 6.45. The Morgan fingerprint density at radius 2 is 1.75 bits per heavy atom. The molecule has 1 amide bonds. The topological polar surface area (TPSA) is 57.7 Å². The highest BCUT2D eigenvalue weighted by atomic mass is 32.2. The minimum atomic E-state index is -3.61. The number of hydrogen-bond acceptors (Lipinski definition) is 3. The molecular weight excluding hydrogens is 372 g/mol. The van der Waals surface area contributed by atoms with E-state index in [4.69, 9.17) is 0 Å². The Balaban J connectivity index is 1.91. The summed E-state index contributed by atoms with van der Waals surface area (Å²) in [7, 11) is -1.90. The number of aryl methyl sites for hydroxylation is 2. The van der Waals surface area contributed by atoms with E-state index in [1.807, 2.05) is 32.9 Å². The molecule has 1 saturated heterocycles. The number of carbonyl (C=O) groups is 1. The maximum Gasteiger partial charge on any atom is 0.258 e. The molecule has 1 heterocycles. The fourth-order valence-electron chi connectivity index (χ4n) is 3.81.